The molecule has 0 saturated heterocycles. The van der Waals surface area contributed by atoms with Gasteiger partial charge in [0.25, 0.3) is 0 Å². The highest BCUT2D eigenvalue weighted by Gasteiger charge is 2.07. The molecular formula is C16H16FN. The number of nitrogens with one attached hydrogen (secondary N) is 1. The van der Waals surface area contributed by atoms with Crippen molar-refractivity contribution in [1.29, 1.82) is 0 Å². The summed E-state index contributed by atoms with van der Waals surface area (Å²) in [6.45, 7) is 4.52. The summed E-state index contributed by atoms with van der Waals surface area (Å²) in [4.78, 5) is 0. The molecule has 0 radical (unpaired) electrons. The van der Waals surface area contributed by atoms with Gasteiger partial charge >= 0.3 is 0 Å². The van der Waals surface area contributed by atoms with E-state index < -0.39 is 0 Å². The van der Waals surface area contributed by atoms with Crippen LogP contribution in [-0.4, -0.2) is 0 Å². The quantitative estimate of drug-likeness (QED) is 0.784. The van der Waals surface area contributed by atoms with Crippen molar-refractivity contribution in [3.05, 3.63) is 84.2 Å². The van der Waals surface area contributed by atoms with Gasteiger partial charge in [0.2, 0.25) is 0 Å². The first-order valence-corrected chi connectivity index (χ1v) is 5.95. The Kier molecular flexibility index (Phi) is 4.26. The summed E-state index contributed by atoms with van der Waals surface area (Å²) >= 11 is 0. The van der Waals surface area contributed by atoms with Crippen LogP contribution >= 0.6 is 0 Å². The van der Waals surface area contributed by atoms with E-state index in [0.717, 1.165) is 12.1 Å². The fourth-order valence-electron chi connectivity index (χ4n) is 1.86. The molecule has 0 saturated carbocycles. The maximum atomic E-state index is 13.2. The molecule has 0 aliphatic carbocycles. The highest BCUT2D eigenvalue weighted by Crippen LogP contribution is 2.15. The second-order valence-corrected chi connectivity index (χ2v) is 4.13. The summed E-state index contributed by atoms with van der Waals surface area (Å²) < 4.78 is 13.2. The van der Waals surface area contributed by atoms with Crippen LogP contribution in [0.5, 0.6) is 0 Å². The average molecular weight is 241 g/mol. The number of benzene rings is 2. The van der Waals surface area contributed by atoms with E-state index in [1.807, 2.05) is 24.3 Å². The molecule has 1 nitrogen and oxygen atoms in total. The van der Waals surface area contributed by atoms with Gasteiger partial charge in [0.05, 0.1) is 6.04 Å². The summed E-state index contributed by atoms with van der Waals surface area (Å²) in [7, 11) is 0. The Balaban J connectivity index is 2.04. The normalized spacial score (nSPS) is 12.1. The Morgan fingerprint density at radius 1 is 1.11 bits per heavy atom. The van der Waals surface area contributed by atoms with Crippen LogP contribution in [-0.2, 0) is 6.54 Å². The van der Waals surface area contributed by atoms with Gasteiger partial charge in [-0.25, -0.2) is 4.39 Å². The Bertz CT molecular complexity index is 508. The molecule has 2 rings (SSSR count). The molecule has 2 heteroatoms. The lowest BCUT2D eigenvalue weighted by molar-refractivity contribution is 0.600. The maximum absolute atomic E-state index is 13.2. The fraction of sp³-hybridized carbons (Fsp3) is 0.125. The third kappa shape index (κ3) is 3.28. The SMILES string of the molecule is C=C[C@H](NCc1ccccc1)c1cccc(F)c1. The minimum atomic E-state index is -0.221. The van der Waals surface area contributed by atoms with Crippen molar-refractivity contribution in [3.63, 3.8) is 0 Å². The van der Waals surface area contributed by atoms with Gasteiger partial charge in [0, 0.05) is 6.54 Å². The van der Waals surface area contributed by atoms with Crippen LogP contribution in [0.25, 0.3) is 0 Å². The third-order valence-corrected chi connectivity index (χ3v) is 2.81. The monoisotopic (exact) mass is 241 g/mol. The molecule has 0 bridgehead atoms. The van der Waals surface area contributed by atoms with Crippen LogP contribution in [0.15, 0.2) is 67.3 Å². The summed E-state index contributed by atoms with van der Waals surface area (Å²) in [6, 6.07) is 16.6. The zero-order chi connectivity index (χ0) is 12.8. The van der Waals surface area contributed by atoms with Crippen LogP contribution in [0.3, 0.4) is 0 Å². The molecular weight excluding hydrogens is 225 g/mol. The predicted octanol–water partition coefficient (Wildman–Crippen LogP) is 3.84. The van der Waals surface area contributed by atoms with Gasteiger partial charge in [-0.05, 0) is 23.3 Å². The molecule has 2 aromatic rings. The van der Waals surface area contributed by atoms with E-state index in [2.05, 4.69) is 24.0 Å². The molecule has 0 fully saturated rings. The molecule has 1 N–H and O–H groups in total. The van der Waals surface area contributed by atoms with Crippen LogP contribution < -0.4 is 5.32 Å². The van der Waals surface area contributed by atoms with Crippen molar-refractivity contribution < 1.29 is 4.39 Å². The van der Waals surface area contributed by atoms with Crippen molar-refractivity contribution in [3.8, 4) is 0 Å². The largest absolute Gasteiger partial charge is 0.303 e. The standard InChI is InChI=1S/C16H16FN/c1-2-16(14-9-6-10-15(17)11-14)18-12-13-7-4-3-5-8-13/h2-11,16,18H,1,12H2/t16-/m0/s1. The zero-order valence-electron chi connectivity index (χ0n) is 10.1. The van der Waals surface area contributed by atoms with Crippen molar-refractivity contribution in [2.45, 2.75) is 12.6 Å². The van der Waals surface area contributed by atoms with Crippen LogP contribution in [0.1, 0.15) is 17.2 Å². The van der Waals surface area contributed by atoms with E-state index >= 15 is 0 Å². The van der Waals surface area contributed by atoms with Crippen molar-refractivity contribution in [2.24, 2.45) is 0 Å². The Hall–Kier alpha value is -1.93. The van der Waals surface area contributed by atoms with E-state index in [4.69, 9.17) is 0 Å². The summed E-state index contributed by atoms with van der Waals surface area (Å²) in [6.07, 6.45) is 1.79. The molecule has 0 unspecified atom stereocenters. The number of hydrogen-bond acceptors (Lipinski definition) is 1. The lowest BCUT2D eigenvalue weighted by Crippen LogP contribution is -2.19. The predicted molar refractivity (Wildman–Crippen MR) is 72.6 cm³/mol. The smallest absolute Gasteiger partial charge is 0.123 e. The molecule has 0 aliphatic heterocycles. The first-order chi connectivity index (χ1) is 8.79. The number of rotatable bonds is 5. The first kappa shape index (κ1) is 12.5. The third-order valence-electron chi connectivity index (χ3n) is 2.81. The fourth-order valence-corrected chi connectivity index (χ4v) is 1.86. The van der Waals surface area contributed by atoms with Gasteiger partial charge in [-0.3, -0.25) is 0 Å². The molecule has 0 aliphatic rings. The van der Waals surface area contributed by atoms with Gasteiger partial charge in [-0.15, -0.1) is 6.58 Å². The zero-order valence-corrected chi connectivity index (χ0v) is 10.1. The van der Waals surface area contributed by atoms with Crippen molar-refractivity contribution in [1.82, 2.24) is 5.32 Å². The van der Waals surface area contributed by atoms with Gasteiger partial charge in [0.15, 0.2) is 0 Å². The Labute approximate surface area is 107 Å². The van der Waals surface area contributed by atoms with Crippen molar-refractivity contribution in [2.75, 3.05) is 0 Å². The molecule has 18 heavy (non-hydrogen) atoms. The molecule has 2 aromatic carbocycles. The van der Waals surface area contributed by atoms with Crippen LogP contribution in [0, 0.1) is 5.82 Å². The van der Waals surface area contributed by atoms with E-state index in [0.29, 0.717) is 0 Å². The van der Waals surface area contributed by atoms with E-state index in [9.17, 15) is 4.39 Å². The van der Waals surface area contributed by atoms with Crippen molar-refractivity contribution >= 4 is 0 Å². The van der Waals surface area contributed by atoms with E-state index in [-0.39, 0.29) is 11.9 Å². The molecule has 0 aromatic heterocycles. The molecule has 0 amide bonds. The van der Waals surface area contributed by atoms with E-state index in [1.54, 1.807) is 12.1 Å². The summed E-state index contributed by atoms with van der Waals surface area (Å²) in [5, 5.41) is 3.34. The Morgan fingerprint density at radius 3 is 2.56 bits per heavy atom. The van der Waals surface area contributed by atoms with Crippen LogP contribution in [0.4, 0.5) is 4.39 Å². The second-order valence-electron chi connectivity index (χ2n) is 4.13. The highest BCUT2D eigenvalue weighted by atomic mass is 19.1. The molecule has 92 valence electrons. The van der Waals surface area contributed by atoms with Gasteiger partial charge < -0.3 is 5.32 Å². The van der Waals surface area contributed by atoms with Gasteiger partial charge in [-0.1, -0.05) is 48.5 Å². The summed E-state index contributed by atoms with van der Waals surface area (Å²) in [5.41, 5.74) is 2.08. The molecule has 0 spiro atoms. The van der Waals surface area contributed by atoms with Gasteiger partial charge in [0.1, 0.15) is 5.82 Å². The Morgan fingerprint density at radius 2 is 1.89 bits per heavy atom. The topological polar surface area (TPSA) is 12.0 Å². The lowest BCUT2D eigenvalue weighted by Gasteiger charge is -2.15. The second kappa shape index (κ2) is 6.12. The number of hydrogen-bond donors (Lipinski definition) is 1. The molecule has 1 atom stereocenters. The first-order valence-electron chi connectivity index (χ1n) is 5.95. The lowest BCUT2D eigenvalue weighted by atomic mass is 10.1. The summed E-state index contributed by atoms with van der Waals surface area (Å²) in [5.74, 6) is -0.221. The van der Waals surface area contributed by atoms with Gasteiger partial charge in [-0.2, -0.15) is 0 Å². The average Bonchev–Trinajstić information content (AvgIpc) is 2.41. The highest BCUT2D eigenvalue weighted by molar-refractivity contribution is 5.24. The number of halogens is 1. The van der Waals surface area contributed by atoms with Crippen LogP contribution in [0.2, 0.25) is 0 Å². The maximum Gasteiger partial charge on any atom is 0.123 e. The minimum Gasteiger partial charge on any atom is -0.303 e. The molecule has 0 heterocycles. The minimum absolute atomic E-state index is 0.0408. The van der Waals surface area contributed by atoms with E-state index in [1.165, 1.54) is 17.7 Å².